The van der Waals surface area contributed by atoms with Gasteiger partial charge in [0.05, 0.1) is 6.26 Å². The van der Waals surface area contributed by atoms with E-state index < -0.39 is 10.0 Å². The van der Waals surface area contributed by atoms with E-state index in [1.54, 1.807) is 4.31 Å². The molecule has 2 fully saturated rings. The Hall–Kier alpha value is -1.40. The summed E-state index contributed by atoms with van der Waals surface area (Å²) in [4.78, 5) is 11.7. The predicted molar refractivity (Wildman–Crippen MR) is 98.8 cm³/mol. The third-order valence-corrected chi connectivity index (χ3v) is 6.48. The number of carbonyl (C=O) groups is 1. The lowest BCUT2D eigenvalue weighted by molar-refractivity contribution is -0.121. The van der Waals surface area contributed by atoms with E-state index in [1.807, 2.05) is 0 Å². The van der Waals surface area contributed by atoms with E-state index in [0.717, 1.165) is 38.5 Å². The van der Waals surface area contributed by atoms with Crippen LogP contribution in [0.4, 0.5) is 0 Å². The molecule has 1 aromatic rings. The molecule has 0 unspecified atom stereocenters. The summed E-state index contributed by atoms with van der Waals surface area (Å²) >= 11 is 0. The fraction of sp³-hybridized carbons (Fsp3) is 0.632. The molecule has 2 aliphatic rings. The molecule has 5 nitrogen and oxygen atoms in total. The lowest BCUT2D eigenvalue weighted by atomic mass is 9.90. The van der Waals surface area contributed by atoms with E-state index in [0.29, 0.717) is 31.5 Å². The fourth-order valence-corrected chi connectivity index (χ4v) is 4.28. The van der Waals surface area contributed by atoms with E-state index in [1.165, 1.54) is 17.4 Å². The number of nitrogens with one attached hydrogen (secondary N) is 1. The first-order valence-corrected chi connectivity index (χ1v) is 11.1. The van der Waals surface area contributed by atoms with Gasteiger partial charge in [0, 0.05) is 25.6 Å². The highest BCUT2D eigenvalue weighted by atomic mass is 32.2. The molecule has 1 saturated carbocycles. The third kappa shape index (κ3) is 5.82. The Labute approximate surface area is 150 Å². The molecule has 1 N–H and O–H groups in total. The quantitative estimate of drug-likeness (QED) is 0.806. The summed E-state index contributed by atoms with van der Waals surface area (Å²) in [5, 5.41) is 3.02. The molecule has 1 saturated heterocycles. The SMILES string of the molecule is CS(=O)(=O)N1CCC(Cc2ccc(CCC(=O)NC3CC3)cc2)CC1. The van der Waals surface area contributed by atoms with Crippen LogP contribution in [0.3, 0.4) is 0 Å². The maximum Gasteiger partial charge on any atom is 0.220 e. The van der Waals surface area contributed by atoms with Crippen LogP contribution in [0.1, 0.15) is 43.2 Å². The van der Waals surface area contributed by atoms with E-state index in [2.05, 4.69) is 29.6 Å². The number of sulfonamides is 1. The molecule has 1 aliphatic heterocycles. The predicted octanol–water partition coefficient (Wildman–Crippen LogP) is 2.11. The van der Waals surface area contributed by atoms with Crippen molar-refractivity contribution in [1.82, 2.24) is 9.62 Å². The Bertz CT molecular complexity index is 688. The Balaban J connectivity index is 1.42. The second kappa shape index (κ2) is 7.87. The maximum atomic E-state index is 11.7. The number of amides is 1. The number of hydrogen-bond acceptors (Lipinski definition) is 3. The van der Waals surface area contributed by atoms with Gasteiger partial charge in [-0.05, 0) is 55.6 Å². The van der Waals surface area contributed by atoms with E-state index in [9.17, 15) is 13.2 Å². The van der Waals surface area contributed by atoms with Gasteiger partial charge in [0.25, 0.3) is 0 Å². The Morgan fingerprint density at radius 3 is 2.24 bits per heavy atom. The number of nitrogens with zero attached hydrogens (tertiary/aromatic N) is 1. The minimum absolute atomic E-state index is 0.157. The van der Waals surface area contributed by atoms with Crippen molar-refractivity contribution >= 4 is 15.9 Å². The zero-order valence-corrected chi connectivity index (χ0v) is 15.7. The largest absolute Gasteiger partial charge is 0.353 e. The van der Waals surface area contributed by atoms with E-state index >= 15 is 0 Å². The molecule has 0 spiro atoms. The number of rotatable bonds is 7. The molecule has 138 valence electrons. The van der Waals surface area contributed by atoms with Crippen molar-refractivity contribution in [1.29, 1.82) is 0 Å². The lowest BCUT2D eigenvalue weighted by Crippen LogP contribution is -2.38. The molecule has 0 atom stereocenters. The number of benzene rings is 1. The zero-order chi connectivity index (χ0) is 17.9. The molecule has 6 heteroatoms. The molecule has 1 heterocycles. The molecule has 1 amide bonds. The van der Waals surface area contributed by atoms with Crippen LogP contribution in [0.25, 0.3) is 0 Å². The van der Waals surface area contributed by atoms with Gasteiger partial charge in [0.2, 0.25) is 15.9 Å². The molecule has 3 rings (SSSR count). The second-order valence-electron chi connectivity index (χ2n) is 7.47. The summed E-state index contributed by atoms with van der Waals surface area (Å²) in [5.74, 6) is 0.706. The summed E-state index contributed by atoms with van der Waals surface area (Å²) in [6.45, 7) is 1.27. The van der Waals surface area contributed by atoms with Crippen molar-refractivity contribution in [3.63, 3.8) is 0 Å². The number of piperidine rings is 1. The van der Waals surface area contributed by atoms with Gasteiger partial charge in [-0.1, -0.05) is 24.3 Å². The average molecular weight is 365 g/mol. The molecule has 1 aliphatic carbocycles. The lowest BCUT2D eigenvalue weighted by Gasteiger charge is -2.30. The van der Waals surface area contributed by atoms with Gasteiger partial charge in [-0.15, -0.1) is 0 Å². The average Bonchev–Trinajstić information content (AvgIpc) is 3.38. The van der Waals surface area contributed by atoms with Crippen LogP contribution in [0.15, 0.2) is 24.3 Å². The molecule has 0 bridgehead atoms. The highest BCUT2D eigenvalue weighted by molar-refractivity contribution is 7.88. The van der Waals surface area contributed by atoms with Gasteiger partial charge in [-0.25, -0.2) is 12.7 Å². The van der Waals surface area contributed by atoms with Crippen LogP contribution in [-0.4, -0.2) is 44.0 Å². The number of hydrogen-bond donors (Lipinski definition) is 1. The molecule has 1 aromatic carbocycles. The van der Waals surface area contributed by atoms with Gasteiger partial charge in [-0.2, -0.15) is 0 Å². The van der Waals surface area contributed by atoms with Crippen molar-refractivity contribution in [2.75, 3.05) is 19.3 Å². The summed E-state index contributed by atoms with van der Waals surface area (Å²) in [5.41, 5.74) is 2.49. The molecular formula is C19H28N2O3S. The van der Waals surface area contributed by atoms with Crippen LogP contribution in [0, 0.1) is 5.92 Å². The van der Waals surface area contributed by atoms with Gasteiger partial charge in [0.15, 0.2) is 0 Å². The van der Waals surface area contributed by atoms with Crippen molar-refractivity contribution in [3.05, 3.63) is 35.4 Å². The van der Waals surface area contributed by atoms with Crippen molar-refractivity contribution in [3.8, 4) is 0 Å². The Morgan fingerprint density at radius 1 is 1.08 bits per heavy atom. The first kappa shape index (κ1) is 18.4. The van der Waals surface area contributed by atoms with Gasteiger partial charge >= 0.3 is 0 Å². The highest BCUT2D eigenvalue weighted by Gasteiger charge is 2.25. The maximum absolute atomic E-state index is 11.7. The summed E-state index contributed by atoms with van der Waals surface area (Å²) in [6, 6.07) is 8.97. The first-order valence-electron chi connectivity index (χ1n) is 9.22. The molecule has 25 heavy (non-hydrogen) atoms. The summed E-state index contributed by atoms with van der Waals surface area (Å²) in [7, 11) is -3.04. The van der Waals surface area contributed by atoms with E-state index in [4.69, 9.17) is 0 Å². The van der Waals surface area contributed by atoms with Gasteiger partial charge < -0.3 is 5.32 Å². The van der Waals surface area contributed by atoms with Crippen LogP contribution in [0.2, 0.25) is 0 Å². The number of aryl methyl sites for hydroxylation is 1. The van der Waals surface area contributed by atoms with E-state index in [-0.39, 0.29) is 5.91 Å². The summed E-state index contributed by atoms with van der Waals surface area (Å²) in [6.07, 6.45) is 7.74. The van der Waals surface area contributed by atoms with Gasteiger partial charge in [0.1, 0.15) is 0 Å². The van der Waals surface area contributed by atoms with Gasteiger partial charge in [-0.3, -0.25) is 4.79 Å². The second-order valence-corrected chi connectivity index (χ2v) is 9.45. The number of carbonyl (C=O) groups excluding carboxylic acids is 1. The van der Waals surface area contributed by atoms with Crippen molar-refractivity contribution in [2.24, 2.45) is 5.92 Å². The first-order chi connectivity index (χ1) is 11.9. The molecular weight excluding hydrogens is 336 g/mol. The fourth-order valence-electron chi connectivity index (χ4n) is 3.41. The smallest absolute Gasteiger partial charge is 0.220 e. The van der Waals surface area contributed by atoms with Crippen LogP contribution in [-0.2, 0) is 27.7 Å². The minimum atomic E-state index is -3.04. The molecule has 0 aromatic heterocycles. The zero-order valence-electron chi connectivity index (χ0n) is 14.9. The standard InChI is InChI=1S/C19H28N2O3S/c1-25(23,24)21-12-10-17(11-13-21)14-16-4-2-15(3-5-16)6-9-19(22)20-18-7-8-18/h2-5,17-18H,6-14H2,1H3,(H,20,22). The van der Waals surface area contributed by atoms with Crippen LogP contribution in [0.5, 0.6) is 0 Å². The Morgan fingerprint density at radius 2 is 1.68 bits per heavy atom. The normalized spacial score (nSPS) is 19.7. The van der Waals surface area contributed by atoms with Crippen LogP contribution < -0.4 is 5.32 Å². The van der Waals surface area contributed by atoms with Crippen molar-refractivity contribution in [2.45, 2.75) is 51.0 Å². The third-order valence-electron chi connectivity index (χ3n) is 5.17. The minimum Gasteiger partial charge on any atom is -0.353 e. The van der Waals surface area contributed by atoms with Crippen LogP contribution >= 0.6 is 0 Å². The molecule has 0 radical (unpaired) electrons. The Kier molecular flexibility index (Phi) is 5.79. The van der Waals surface area contributed by atoms with Crippen molar-refractivity contribution < 1.29 is 13.2 Å². The monoisotopic (exact) mass is 364 g/mol. The topological polar surface area (TPSA) is 66.5 Å². The highest BCUT2D eigenvalue weighted by Crippen LogP contribution is 2.23. The summed E-state index contributed by atoms with van der Waals surface area (Å²) < 4.78 is 24.7.